The molecule has 0 spiro atoms. The Morgan fingerprint density at radius 3 is 2.48 bits per heavy atom. The molecular formula is C14H14ClNO5S2. The Morgan fingerprint density at radius 1 is 1.30 bits per heavy atom. The summed E-state index contributed by atoms with van der Waals surface area (Å²) in [5.74, 6) is 0. The maximum atomic E-state index is 12.5. The molecule has 0 aliphatic rings. The van der Waals surface area contributed by atoms with Gasteiger partial charge in [-0.25, -0.2) is 4.79 Å². The van der Waals surface area contributed by atoms with Crippen molar-refractivity contribution in [1.29, 1.82) is 0 Å². The summed E-state index contributed by atoms with van der Waals surface area (Å²) in [6.07, 6.45) is -0.939. The Labute approximate surface area is 143 Å². The number of halogens is 1. The van der Waals surface area contributed by atoms with Gasteiger partial charge in [-0.05, 0) is 36.9 Å². The quantitative estimate of drug-likeness (QED) is 0.738. The highest BCUT2D eigenvalue weighted by Gasteiger charge is 2.30. The first-order valence-corrected chi connectivity index (χ1v) is 9.23. The molecule has 2 rings (SSSR count). The summed E-state index contributed by atoms with van der Waals surface area (Å²) in [6, 6.07) is 8.05. The number of thiophene rings is 1. The van der Waals surface area contributed by atoms with E-state index in [2.05, 4.69) is 0 Å². The lowest BCUT2D eigenvalue weighted by Gasteiger charge is -2.20. The summed E-state index contributed by atoms with van der Waals surface area (Å²) in [6.45, 7) is 3.27. The van der Waals surface area contributed by atoms with Crippen molar-refractivity contribution in [2.24, 2.45) is 0 Å². The molecule has 0 radical (unpaired) electrons. The number of nitrogens with zero attached hydrogens (tertiary/aromatic N) is 1. The van der Waals surface area contributed by atoms with Gasteiger partial charge in [-0.15, -0.1) is 20.7 Å². The molecule has 0 atom stereocenters. The average Bonchev–Trinajstić information content (AvgIpc) is 2.85. The van der Waals surface area contributed by atoms with Crippen LogP contribution in [0.3, 0.4) is 0 Å². The maximum absolute atomic E-state index is 12.5. The molecule has 0 saturated heterocycles. The van der Waals surface area contributed by atoms with Crippen molar-refractivity contribution in [3.8, 4) is 0 Å². The second-order valence-electron chi connectivity index (χ2n) is 4.38. The Bertz CT molecular complexity index is 769. The van der Waals surface area contributed by atoms with Crippen LogP contribution in [-0.2, 0) is 19.1 Å². The van der Waals surface area contributed by atoms with Gasteiger partial charge in [0.25, 0.3) is 0 Å². The predicted octanol–water partition coefficient (Wildman–Crippen LogP) is 3.99. The number of amides is 1. The molecule has 0 aliphatic heterocycles. The minimum atomic E-state index is -4.29. The van der Waals surface area contributed by atoms with Crippen LogP contribution in [0.25, 0.3) is 0 Å². The number of anilines is 1. The van der Waals surface area contributed by atoms with E-state index < -0.39 is 16.2 Å². The second-order valence-corrected chi connectivity index (χ2v) is 7.33. The smallest absolute Gasteiger partial charge is 0.439 e. The number of hydrogen-bond donors (Lipinski definition) is 0. The lowest BCUT2D eigenvalue weighted by Crippen LogP contribution is -2.34. The fourth-order valence-electron chi connectivity index (χ4n) is 1.76. The van der Waals surface area contributed by atoms with Crippen molar-refractivity contribution in [2.45, 2.75) is 18.7 Å². The molecule has 9 heteroatoms. The highest BCUT2D eigenvalue weighted by Crippen LogP contribution is 2.33. The average molecular weight is 376 g/mol. The van der Waals surface area contributed by atoms with Gasteiger partial charge in [0.15, 0.2) is 0 Å². The van der Waals surface area contributed by atoms with Crippen molar-refractivity contribution in [3.63, 3.8) is 0 Å². The number of ether oxygens (including phenoxy) is 1. The first kappa shape index (κ1) is 17.7. The largest absolute Gasteiger partial charge is 0.448 e. The molecule has 0 saturated carbocycles. The van der Waals surface area contributed by atoms with Crippen LogP contribution in [0.4, 0.5) is 10.5 Å². The number of para-hydroxylation sites is 1. The van der Waals surface area contributed by atoms with E-state index in [4.69, 9.17) is 20.6 Å². The molecule has 1 aromatic heterocycles. The van der Waals surface area contributed by atoms with Crippen LogP contribution in [0.5, 0.6) is 0 Å². The third kappa shape index (κ3) is 4.03. The Morgan fingerprint density at radius 2 is 1.96 bits per heavy atom. The van der Waals surface area contributed by atoms with Gasteiger partial charge in [0.2, 0.25) is 0 Å². The summed E-state index contributed by atoms with van der Waals surface area (Å²) in [5.41, 5.74) is 0.662. The van der Waals surface area contributed by atoms with Gasteiger partial charge < -0.3 is 4.74 Å². The van der Waals surface area contributed by atoms with Gasteiger partial charge in [0, 0.05) is 0 Å². The molecule has 23 heavy (non-hydrogen) atoms. The molecule has 0 bridgehead atoms. The molecule has 1 amide bonds. The van der Waals surface area contributed by atoms with Crippen LogP contribution in [0.2, 0.25) is 4.34 Å². The molecule has 124 valence electrons. The molecular weight excluding hydrogens is 362 g/mol. The Balaban J connectivity index is 2.40. The van der Waals surface area contributed by atoms with Crippen molar-refractivity contribution in [3.05, 3.63) is 45.6 Å². The van der Waals surface area contributed by atoms with Crippen LogP contribution >= 0.6 is 22.9 Å². The zero-order valence-corrected chi connectivity index (χ0v) is 14.7. The van der Waals surface area contributed by atoms with Crippen LogP contribution in [0.1, 0.15) is 12.5 Å². The van der Waals surface area contributed by atoms with Crippen molar-refractivity contribution >= 4 is 44.8 Å². The Hall–Kier alpha value is -1.61. The topological polar surface area (TPSA) is 72.9 Å². The van der Waals surface area contributed by atoms with Crippen LogP contribution in [0, 0.1) is 6.92 Å². The maximum Gasteiger partial charge on any atom is 0.439 e. The highest BCUT2D eigenvalue weighted by atomic mass is 35.5. The van der Waals surface area contributed by atoms with E-state index in [1.54, 1.807) is 37.4 Å². The van der Waals surface area contributed by atoms with Gasteiger partial charge in [-0.3, -0.25) is 0 Å². The van der Waals surface area contributed by atoms with Gasteiger partial charge in [-0.2, -0.15) is 8.42 Å². The number of rotatable bonds is 5. The molecule has 0 N–H and O–H groups in total. The number of benzene rings is 1. The van der Waals surface area contributed by atoms with Crippen LogP contribution in [-0.4, -0.2) is 21.1 Å². The molecule has 0 fully saturated rings. The standard InChI is InChI=1S/C14H14ClNO5S2/c1-3-20-14(17)16(11-7-5-4-6-8-11)21-23(18,19)12-10(2)9-22-13(12)15/h4-9H,3H2,1-2H3. The minimum absolute atomic E-state index is 0.0689. The summed E-state index contributed by atoms with van der Waals surface area (Å²) in [5, 5.41) is 2.18. The fourth-order valence-corrected chi connectivity index (χ4v) is 4.58. The van der Waals surface area contributed by atoms with E-state index >= 15 is 0 Å². The molecule has 0 unspecified atom stereocenters. The first-order valence-electron chi connectivity index (χ1n) is 6.57. The van der Waals surface area contributed by atoms with Crippen LogP contribution < -0.4 is 5.06 Å². The lowest BCUT2D eigenvalue weighted by molar-refractivity contribution is 0.133. The van der Waals surface area contributed by atoms with Crippen molar-refractivity contribution in [1.82, 2.24) is 0 Å². The summed E-state index contributed by atoms with van der Waals surface area (Å²) in [4.78, 5) is 11.9. The number of hydrogen-bond acceptors (Lipinski definition) is 6. The fraction of sp³-hybridized carbons (Fsp3) is 0.214. The summed E-state index contributed by atoms with van der Waals surface area (Å²) < 4.78 is 34.9. The lowest BCUT2D eigenvalue weighted by atomic mass is 10.3. The third-order valence-corrected chi connectivity index (χ3v) is 5.67. The monoisotopic (exact) mass is 375 g/mol. The number of aryl methyl sites for hydroxylation is 1. The van der Waals surface area contributed by atoms with E-state index in [-0.39, 0.29) is 21.5 Å². The second kappa shape index (κ2) is 7.31. The SMILES string of the molecule is CCOC(=O)N(OS(=O)(=O)c1c(C)csc1Cl)c1ccccc1. The Kier molecular flexibility index (Phi) is 5.64. The molecule has 1 heterocycles. The highest BCUT2D eigenvalue weighted by molar-refractivity contribution is 7.87. The van der Waals surface area contributed by atoms with Crippen LogP contribution in [0.15, 0.2) is 40.6 Å². The van der Waals surface area contributed by atoms with Crippen molar-refractivity contribution < 1.29 is 22.2 Å². The third-order valence-electron chi connectivity index (χ3n) is 2.72. The van der Waals surface area contributed by atoms with Gasteiger partial charge in [0.1, 0.15) is 9.23 Å². The number of carbonyl (C=O) groups excluding carboxylic acids is 1. The van der Waals surface area contributed by atoms with E-state index in [1.807, 2.05) is 0 Å². The number of hydroxylamine groups is 1. The number of carbonyl (C=O) groups is 1. The predicted molar refractivity (Wildman–Crippen MR) is 88.3 cm³/mol. The summed E-state index contributed by atoms with van der Waals surface area (Å²) in [7, 11) is -4.29. The van der Waals surface area contributed by atoms with Gasteiger partial charge >= 0.3 is 16.2 Å². The first-order chi connectivity index (χ1) is 10.9. The zero-order valence-electron chi connectivity index (χ0n) is 12.4. The molecule has 0 aliphatic carbocycles. The minimum Gasteiger partial charge on any atom is -0.448 e. The van der Waals surface area contributed by atoms with E-state index in [0.717, 1.165) is 11.3 Å². The van der Waals surface area contributed by atoms with Crippen molar-refractivity contribution in [2.75, 3.05) is 11.7 Å². The van der Waals surface area contributed by atoms with E-state index in [0.29, 0.717) is 10.6 Å². The summed E-state index contributed by atoms with van der Waals surface area (Å²) >= 11 is 7.00. The molecule has 6 nitrogen and oxygen atoms in total. The normalized spacial score (nSPS) is 11.3. The van der Waals surface area contributed by atoms with Gasteiger partial charge in [-0.1, -0.05) is 29.8 Å². The van der Waals surface area contributed by atoms with E-state index in [9.17, 15) is 13.2 Å². The van der Waals surface area contributed by atoms with Gasteiger partial charge in [0.05, 0.1) is 12.3 Å². The van der Waals surface area contributed by atoms with E-state index in [1.165, 1.54) is 12.1 Å². The zero-order chi connectivity index (χ0) is 17.0. The molecule has 1 aromatic carbocycles. The molecule has 2 aromatic rings.